The van der Waals surface area contributed by atoms with Crippen LogP contribution in [0.2, 0.25) is 5.02 Å². The Kier molecular flexibility index (Phi) is 3.74. The monoisotopic (exact) mass is 256 g/mol. The maximum absolute atomic E-state index is 13.1. The minimum absolute atomic E-state index is 0.302. The van der Waals surface area contributed by atoms with Crippen LogP contribution in [-0.4, -0.2) is 10.7 Å². The quantitative estimate of drug-likeness (QED) is 0.865. The van der Waals surface area contributed by atoms with Crippen molar-refractivity contribution >= 4 is 11.6 Å². The molecule has 1 aromatic carbocycles. The summed E-state index contributed by atoms with van der Waals surface area (Å²) in [4.78, 5) is 0. The van der Waals surface area contributed by atoms with Gasteiger partial charge in [-0.05, 0) is 43.0 Å². The molecule has 94 valence electrons. The van der Waals surface area contributed by atoms with Gasteiger partial charge in [-0.15, -0.1) is 0 Å². The van der Waals surface area contributed by atoms with E-state index < -0.39 is 5.60 Å². The van der Waals surface area contributed by atoms with Gasteiger partial charge in [-0.1, -0.05) is 30.9 Å². The summed E-state index contributed by atoms with van der Waals surface area (Å²) in [5.41, 5.74) is -0.0984. The molecule has 1 aliphatic carbocycles. The van der Waals surface area contributed by atoms with Crippen molar-refractivity contribution in [2.75, 3.05) is 0 Å². The second-order valence-corrected chi connectivity index (χ2v) is 5.82. The van der Waals surface area contributed by atoms with E-state index in [2.05, 4.69) is 0 Å². The Bertz CT molecular complexity index is 399. The lowest BCUT2D eigenvalue weighted by molar-refractivity contribution is 0.0204. The van der Waals surface area contributed by atoms with Gasteiger partial charge in [0.2, 0.25) is 0 Å². The molecule has 1 unspecified atom stereocenters. The van der Waals surface area contributed by atoms with Crippen molar-refractivity contribution in [3.05, 3.63) is 34.6 Å². The first kappa shape index (κ1) is 12.8. The topological polar surface area (TPSA) is 20.2 Å². The van der Waals surface area contributed by atoms with E-state index >= 15 is 0 Å². The number of hydrogen-bond acceptors (Lipinski definition) is 1. The van der Waals surface area contributed by atoms with Gasteiger partial charge in [-0.3, -0.25) is 0 Å². The fourth-order valence-electron chi connectivity index (χ4n) is 2.48. The fraction of sp³-hybridized carbons (Fsp3) is 0.571. The standard InChI is InChI=1S/C14H18ClFO/c1-14(17,8-10-3-2-4-10)9-11-7-12(16)5-6-13(11)15/h5-7,10,17H,2-4,8-9H2,1H3. The van der Waals surface area contributed by atoms with Crippen molar-refractivity contribution < 1.29 is 9.50 Å². The lowest BCUT2D eigenvalue weighted by atomic mass is 9.76. The highest BCUT2D eigenvalue weighted by molar-refractivity contribution is 6.31. The zero-order chi connectivity index (χ0) is 12.5. The number of benzene rings is 1. The van der Waals surface area contributed by atoms with Gasteiger partial charge in [-0.25, -0.2) is 4.39 Å². The van der Waals surface area contributed by atoms with E-state index in [0.717, 1.165) is 6.42 Å². The van der Waals surface area contributed by atoms with Crippen LogP contribution in [0, 0.1) is 11.7 Å². The Morgan fingerprint density at radius 1 is 1.47 bits per heavy atom. The van der Waals surface area contributed by atoms with Gasteiger partial charge in [0.15, 0.2) is 0 Å². The van der Waals surface area contributed by atoms with E-state index in [0.29, 0.717) is 22.9 Å². The van der Waals surface area contributed by atoms with Crippen LogP contribution in [0.25, 0.3) is 0 Å². The van der Waals surface area contributed by atoms with E-state index in [1.807, 2.05) is 6.92 Å². The van der Waals surface area contributed by atoms with Crippen molar-refractivity contribution in [1.82, 2.24) is 0 Å². The van der Waals surface area contributed by atoms with Crippen molar-refractivity contribution in [1.29, 1.82) is 0 Å². The van der Waals surface area contributed by atoms with E-state index in [1.54, 1.807) is 6.07 Å². The minimum Gasteiger partial charge on any atom is -0.390 e. The van der Waals surface area contributed by atoms with Crippen LogP contribution < -0.4 is 0 Å². The normalized spacial score (nSPS) is 19.8. The molecule has 1 aromatic rings. The highest BCUT2D eigenvalue weighted by atomic mass is 35.5. The third kappa shape index (κ3) is 3.43. The van der Waals surface area contributed by atoms with Gasteiger partial charge in [0.25, 0.3) is 0 Å². The molecule has 17 heavy (non-hydrogen) atoms. The molecular weight excluding hydrogens is 239 g/mol. The van der Waals surface area contributed by atoms with Gasteiger partial charge in [-0.2, -0.15) is 0 Å². The maximum Gasteiger partial charge on any atom is 0.123 e. The molecule has 0 aromatic heterocycles. The predicted octanol–water partition coefficient (Wildman–Crippen LogP) is 3.96. The first-order chi connectivity index (χ1) is 7.96. The Hall–Kier alpha value is -0.600. The molecule has 1 saturated carbocycles. The molecular formula is C14H18ClFO. The Balaban J connectivity index is 2.04. The van der Waals surface area contributed by atoms with E-state index in [1.165, 1.54) is 31.4 Å². The molecule has 0 saturated heterocycles. The predicted molar refractivity (Wildman–Crippen MR) is 67.7 cm³/mol. The summed E-state index contributed by atoms with van der Waals surface area (Å²) in [6.45, 7) is 1.81. The molecule has 1 fully saturated rings. The first-order valence-corrected chi connectivity index (χ1v) is 6.50. The van der Waals surface area contributed by atoms with Gasteiger partial charge in [0.1, 0.15) is 5.82 Å². The van der Waals surface area contributed by atoms with Crippen molar-refractivity contribution in [3.8, 4) is 0 Å². The number of rotatable bonds is 4. The molecule has 1 aliphatic rings. The average Bonchev–Trinajstić information content (AvgIpc) is 2.18. The second kappa shape index (κ2) is 4.95. The zero-order valence-corrected chi connectivity index (χ0v) is 10.8. The summed E-state index contributed by atoms with van der Waals surface area (Å²) in [5.74, 6) is 0.321. The first-order valence-electron chi connectivity index (χ1n) is 6.13. The minimum atomic E-state index is -0.789. The van der Waals surface area contributed by atoms with Crippen LogP contribution in [0.4, 0.5) is 4.39 Å². The molecule has 3 heteroatoms. The second-order valence-electron chi connectivity index (χ2n) is 5.41. The molecule has 0 bridgehead atoms. The van der Waals surface area contributed by atoms with E-state index in [9.17, 15) is 9.50 Å². The largest absolute Gasteiger partial charge is 0.390 e. The highest BCUT2D eigenvalue weighted by Gasteiger charge is 2.29. The van der Waals surface area contributed by atoms with Gasteiger partial charge in [0.05, 0.1) is 5.60 Å². The summed E-state index contributed by atoms with van der Waals surface area (Å²) in [6.07, 6.45) is 4.86. The summed E-state index contributed by atoms with van der Waals surface area (Å²) in [6, 6.07) is 4.30. The van der Waals surface area contributed by atoms with Gasteiger partial charge >= 0.3 is 0 Å². The Morgan fingerprint density at radius 3 is 2.76 bits per heavy atom. The average molecular weight is 257 g/mol. The van der Waals surface area contributed by atoms with Crippen molar-refractivity contribution in [2.24, 2.45) is 5.92 Å². The molecule has 1 N–H and O–H groups in total. The van der Waals surface area contributed by atoms with Crippen molar-refractivity contribution in [2.45, 2.75) is 44.6 Å². The van der Waals surface area contributed by atoms with E-state index in [4.69, 9.17) is 11.6 Å². The van der Waals surface area contributed by atoms with Crippen LogP contribution in [0.5, 0.6) is 0 Å². The number of hydrogen-bond donors (Lipinski definition) is 1. The van der Waals surface area contributed by atoms with Gasteiger partial charge < -0.3 is 5.11 Å². The lowest BCUT2D eigenvalue weighted by Crippen LogP contribution is -2.32. The summed E-state index contributed by atoms with van der Waals surface area (Å²) < 4.78 is 13.1. The van der Waals surface area contributed by atoms with Crippen LogP contribution in [0.15, 0.2) is 18.2 Å². The molecule has 0 amide bonds. The maximum atomic E-state index is 13.1. The third-order valence-corrected chi connectivity index (χ3v) is 3.90. The summed E-state index contributed by atoms with van der Waals surface area (Å²) in [7, 11) is 0. The Labute approximate surface area is 107 Å². The number of aliphatic hydroxyl groups is 1. The molecule has 1 nitrogen and oxygen atoms in total. The molecule has 0 radical (unpaired) electrons. The van der Waals surface area contributed by atoms with E-state index in [-0.39, 0.29) is 5.82 Å². The van der Waals surface area contributed by atoms with Crippen LogP contribution in [0.1, 0.15) is 38.2 Å². The summed E-state index contributed by atoms with van der Waals surface area (Å²) in [5, 5.41) is 10.9. The Morgan fingerprint density at radius 2 is 2.18 bits per heavy atom. The third-order valence-electron chi connectivity index (χ3n) is 3.53. The van der Waals surface area contributed by atoms with Gasteiger partial charge in [0, 0.05) is 11.4 Å². The summed E-state index contributed by atoms with van der Waals surface area (Å²) >= 11 is 6.01. The smallest absolute Gasteiger partial charge is 0.123 e. The lowest BCUT2D eigenvalue weighted by Gasteiger charge is -2.33. The molecule has 1 atom stereocenters. The van der Waals surface area contributed by atoms with Crippen LogP contribution in [-0.2, 0) is 6.42 Å². The molecule has 0 aliphatic heterocycles. The molecule has 0 spiro atoms. The molecule has 0 heterocycles. The van der Waals surface area contributed by atoms with Crippen molar-refractivity contribution in [3.63, 3.8) is 0 Å². The zero-order valence-electron chi connectivity index (χ0n) is 10.0. The SMILES string of the molecule is CC(O)(Cc1cc(F)ccc1Cl)CC1CCC1. The fourth-order valence-corrected chi connectivity index (χ4v) is 2.66. The highest BCUT2D eigenvalue weighted by Crippen LogP contribution is 2.35. The molecule has 2 rings (SSSR count). The number of halogens is 2. The van der Waals surface area contributed by atoms with Crippen LogP contribution in [0.3, 0.4) is 0 Å². The van der Waals surface area contributed by atoms with Crippen LogP contribution >= 0.6 is 11.6 Å².